The molecule has 3 atom stereocenters. The molecule has 1 saturated heterocycles. The number of primary amides is 1. The molecule has 1 fully saturated rings. The third-order valence-corrected chi connectivity index (χ3v) is 2.55. The van der Waals surface area contributed by atoms with Crippen LogP contribution in [-0.2, 0) is 9.53 Å². The van der Waals surface area contributed by atoms with Gasteiger partial charge in [0.05, 0.1) is 6.10 Å². The van der Waals surface area contributed by atoms with Crippen LogP contribution < -0.4 is 11.1 Å². The minimum absolute atomic E-state index is 0.104. The third-order valence-electron chi connectivity index (χ3n) is 2.55. The van der Waals surface area contributed by atoms with Crippen molar-refractivity contribution in [2.75, 3.05) is 13.2 Å². The molecule has 1 rings (SSSR count). The summed E-state index contributed by atoms with van der Waals surface area (Å²) in [6.45, 7) is 5.33. The maximum absolute atomic E-state index is 10.7. The summed E-state index contributed by atoms with van der Waals surface area (Å²) in [4.78, 5) is 10.7. The van der Waals surface area contributed by atoms with Gasteiger partial charge in [-0.05, 0) is 13.3 Å². The Morgan fingerprint density at radius 2 is 2.46 bits per heavy atom. The third kappa shape index (κ3) is 2.97. The quantitative estimate of drug-likeness (QED) is 0.643. The van der Waals surface area contributed by atoms with Crippen molar-refractivity contribution in [1.29, 1.82) is 0 Å². The van der Waals surface area contributed by atoms with E-state index >= 15 is 0 Å². The Morgan fingerprint density at radius 1 is 1.77 bits per heavy atom. The van der Waals surface area contributed by atoms with E-state index in [0.29, 0.717) is 12.6 Å². The van der Waals surface area contributed by atoms with E-state index in [1.807, 2.05) is 13.8 Å². The van der Waals surface area contributed by atoms with Crippen LogP contribution in [0.4, 0.5) is 0 Å². The number of rotatable bonds is 4. The highest BCUT2D eigenvalue weighted by Gasteiger charge is 2.24. The van der Waals surface area contributed by atoms with Gasteiger partial charge in [0, 0.05) is 25.1 Å². The fourth-order valence-electron chi connectivity index (χ4n) is 1.43. The summed E-state index contributed by atoms with van der Waals surface area (Å²) in [5.74, 6) is -0.355. The predicted octanol–water partition coefficient (Wildman–Crippen LogP) is -0.125. The Bertz CT molecular complexity index is 184. The van der Waals surface area contributed by atoms with E-state index in [1.165, 1.54) is 0 Å². The Labute approximate surface area is 78.8 Å². The largest absolute Gasteiger partial charge is 0.377 e. The fraction of sp³-hybridized carbons (Fsp3) is 0.889. The first-order valence-electron chi connectivity index (χ1n) is 4.75. The molecule has 1 amide bonds. The van der Waals surface area contributed by atoms with Crippen LogP contribution in [0.5, 0.6) is 0 Å². The molecule has 76 valence electrons. The van der Waals surface area contributed by atoms with E-state index in [-0.39, 0.29) is 17.9 Å². The van der Waals surface area contributed by atoms with Crippen molar-refractivity contribution in [1.82, 2.24) is 5.32 Å². The van der Waals surface area contributed by atoms with Crippen molar-refractivity contribution in [2.24, 2.45) is 11.7 Å². The van der Waals surface area contributed by atoms with E-state index in [1.54, 1.807) is 0 Å². The van der Waals surface area contributed by atoms with Gasteiger partial charge in [0.1, 0.15) is 0 Å². The molecular weight excluding hydrogens is 168 g/mol. The second-order valence-corrected chi connectivity index (χ2v) is 3.68. The number of hydrogen-bond acceptors (Lipinski definition) is 3. The number of carbonyl (C=O) groups excluding carboxylic acids is 1. The molecule has 0 aromatic rings. The molecule has 0 bridgehead atoms. The van der Waals surface area contributed by atoms with Crippen LogP contribution in [-0.4, -0.2) is 31.2 Å². The Hall–Kier alpha value is -0.610. The SMILES string of the molecule is CC(CNC1CCOC1C)C(N)=O. The van der Waals surface area contributed by atoms with Gasteiger partial charge >= 0.3 is 0 Å². The van der Waals surface area contributed by atoms with E-state index in [9.17, 15) is 4.79 Å². The minimum Gasteiger partial charge on any atom is -0.377 e. The zero-order chi connectivity index (χ0) is 9.84. The first kappa shape index (κ1) is 10.5. The highest BCUT2D eigenvalue weighted by molar-refractivity contribution is 5.76. The fourth-order valence-corrected chi connectivity index (χ4v) is 1.43. The van der Waals surface area contributed by atoms with E-state index in [2.05, 4.69) is 5.32 Å². The molecule has 3 unspecified atom stereocenters. The van der Waals surface area contributed by atoms with Gasteiger partial charge in [-0.1, -0.05) is 6.92 Å². The van der Waals surface area contributed by atoms with Gasteiger partial charge in [-0.15, -0.1) is 0 Å². The summed E-state index contributed by atoms with van der Waals surface area (Å²) in [6, 6.07) is 0.377. The monoisotopic (exact) mass is 186 g/mol. The second kappa shape index (κ2) is 4.58. The normalized spacial score (nSPS) is 30.3. The molecule has 4 heteroatoms. The maximum Gasteiger partial charge on any atom is 0.221 e. The molecule has 4 nitrogen and oxygen atoms in total. The number of carbonyl (C=O) groups is 1. The molecular formula is C9H18N2O2. The van der Waals surface area contributed by atoms with Crippen LogP contribution in [0.15, 0.2) is 0 Å². The maximum atomic E-state index is 10.7. The molecule has 3 N–H and O–H groups in total. The first-order chi connectivity index (χ1) is 6.11. The molecule has 1 heterocycles. The lowest BCUT2D eigenvalue weighted by Gasteiger charge is -2.17. The standard InChI is InChI=1S/C9H18N2O2/c1-6(9(10)12)5-11-8-3-4-13-7(8)2/h6-8,11H,3-5H2,1-2H3,(H2,10,12). The van der Waals surface area contributed by atoms with Crippen LogP contribution in [0.25, 0.3) is 0 Å². The van der Waals surface area contributed by atoms with Crippen LogP contribution in [0.1, 0.15) is 20.3 Å². The zero-order valence-corrected chi connectivity index (χ0v) is 8.25. The lowest BCUT2D eigenvalue weighted by Crippen LogP contribution is -2.40. The molecule has 1 aliphatic heterocycles. The second-order valence-electron chi connectivity index (χ2n) is 3.68. The van der Waals surface area contributed by atoms with Gasteiger partial charge in [0.2, 0.25) is 5.91 Å². The lowest BCUT2D eigenvalue weighted by molar-refractivity contribution is -0.121. The average Bonchev–Trinajstić information content (AvgIpc) is 2.47. The predicted molar refractivity (Wildman–Crippen MR) is 50.2 cm³/mol. The van der Waals surface area contributed by atoms with E-state index in [0.717, 1.165) is 13.0 Å². The van der Waals surface area contributed by atoms with Crippen molar-refractivity contribution in [3.63, 3.8) is 0 Å². The number of hydrogen-bond donors (Lipinski definition) is 2. The molecule has 0 saturated carbocycles. The van der Waals surface area contributed by atoms with Crippen LogP contribution in [0.3, 0.4) is 0 Å². The first-order valence-corrected chi connectivity index (χ1v) is 4.75. The molecule has 0 spiro atoms. The smallest absolute Gasteiger partial charge is 0.221 e. The summed E-state index contributed by atoms with van der Waals surface area (Å²) in [5.41, 5.74) is 5.15. The van der Waals surface area contributed by atoms with Gasteiger partial charge in [-0.3, -0.25) is 4.79 Å². The van der Waals surface area contributed by atoms with E-state index < -0.39 is 0 Å². The number of nitrogens with one attached hydrogen (secondary N) is 1. The van der Waals surface area contributed by atoms with E-state index in [4.69, 9.17) is 10.5 Å². The summed E-state index contributed by atoms with van der Waals surface area (Å²) in [5, 5.41) is 3.29. The molecule has 0 radical (unpaired) electrons. The summed E-state index contributed by atoms with van der Waals surface area (Å²) >= 11 is 0. The minimum atomic E-state index is -0.251. The van der Waals surface area contributed by atoms with Crippen molar-refractivity contribution < 1.29 is 9.53 Å². The van der Waals surface area contributed by atoms with Gasteiger partial charge in [-0.25, -0.2) is 0 Å². The Morgan fingerprint density at radius 3 is 2.92 bits per heavy atom. The van der Waals surface area contributed by atoms with Gasteiger partial charge in [0.25, 0.3) is 0 Å². The van der Waals surface area contributed by atoms with Crippen LogP contribution >= 0.6 is 0 Å². The Kier molecular flexibility index (Phi) is 3.69. The molecule has 0 aromatic carbocycles. The van der Waals surface area contributed by atoms with Crippen molar-refractivity contribution in [3.8, 4) is 0 Å². The van der Waals surface area contributed by atoms with Crippen LogP contribution in [0, 0.1) is 5.92 Å². The molecule has 13 heavy (non-hydrogen) atoms. The Balaban J connectivity index is 2.22. The molecule has 0 aliphatic carbocycles. The van der Waals surface area contributed by atoms with Crippen LogP contribution in [0.2, 0.25) is 0 Å². The molecule has 1 aliphatic rings. The summed E-state index contributed by atoms with van der Waals surface area (Å²) < 4.78 is 5.38. The zero-order valence-electron chi connectivity index (χ0n) is 8.25. The summed E-state index contributed by atoms with van der Waals surface area (Å²) in [7, 11) is 0. The van der Waals surface area contributed by atoms with Gasteiger partial charge < -0.3 is 15.8 Å². The highest BCUT2D eigenvalue weighted by Crippen LogP contribution is 2.12. The highest BCUT2D eigenvalue weighted by atomic mass is 16.5. The van der Waals surface area contributed by atoms with Gasteiger partial charge in [0.15, 0.2) is 0 Å². The number of nitrogens with two attached hydrogens (primary N) is 1. The number of amides is 1. The number of ether oxygens (including phenoxy) is 1. The summed E-state index contributed by atoms with van der Waals surface area (Å²) in [6.07, 6.45) is 1.27. The molecule has 0 aromatic heterocycles. The average molecular weight is 186 g/mol. The lowest BCUT2D eigenvalue weighted by atomic mass is 10.1. The van der Waals surface area contributed by atoms with Crippen molar-refractivity contribution in [2.45, 2.75) is 32.4 Å². The topological polar surface area (TPSA) is 64.3 Å². The van der Waals surface area contributed by atoms with Gasteiger partial charge in [-0.2, -0.15) is 0 Å². The van der Waals surface area contributed by atoms with Crippen molar-refractivity contribution >= 4 is 5.91 Å². The van der Waals surface area contributed by atoms with Crippen molar-refractivity contribution in [3.05, 3.63) is 0 Å².